The lowest BCUT2D eigenvalue weighted by molar-refractivity contribution is -0.148. The van der Waals surface area contributed by atoms with Crippen molar-refractivity contribution in [3.63, 3.8) is 0 Å². The molecule has 2 aromatic carbocycles. The van der Waals surface area contributed by atoms with Crippen LogP contribution in [-0.2, 0) is 30.6 Å². The zero-order valence-corrected chi connectivity index (χ0v) is 26.9. The second kappa shape index (κ2) is 13.6. The minimum absolute atomic E-state index is 0.0261. The van der Waals surface area contributed by atoms with Crippen molar-refractivity contribution in [1.82, 2.24) is 4.31 Å². The van der Waals surface area contributed by atoms with Crippen molar-refractivity contribution in [3.8, 4) is 5.75 Å². The molecule has 0 saturated heterocycles. The molecule has 2 aromatic rings. The largest absolute Gasteiger partial charge is 0.497 e. The molecule has 40 heavy (non-hydrogen) atoms. The minimum Gasteiger partial charge on any atom is -0.497 e. The van der Waals surface area contributed by atoms with Gasteiger partial charge in [-0.2, -0.15) is 4.31 Å². The number of hydrogen-bond acceptors (Lipinski definition) is 6. The Labute approximate surface area is 242 Å². The highest BCUT2D eigenvalue weighted by molar-refractivity contribution is 7.89. The Balaban J connectivity index is 1.88. The molecule has 0 unspecified atom stereocenters. The van der Waals surface area contributed by atoms with Crippen molar-refractivity contribution in [3.05, 3.63) is 60.2 Å². The van der Waals surface area contributed by atoms with Crippen molar-refractivity contribution < 1.29 is 27.1 Å². The lowest BCUT2D eigenvalue weighted by Gasteiger charge is -2.45. The van der Waals surface area contributed by atoms with Gasteiger partial charge in [0.2, 0.25) is 10.0 Å². The number of benzene rings is 2. The molecular formula is C31H47NO6SSi. The number of carbonyl (C=O) groups is 1. The van der Waals surface area contributed by atoms with Crippen LogP contribution in [0, 0.1) is 0 Å². The Morgan fingerprint density at radius 3 is 2.17 bits per heavy atom. The molecule has 3 rings (SSSR count). The van der Waals surface area contributed by atoms with Crippen LogP contribution in [0.15, 0.2) is 59.5 Å². The second-order valence-electron chi connectivity index (χ2n) is 12.3. The monoisotopic (exact) mass is 589 g/mol. The summed E-state index contributed by atoms with van der Waals surface area (Å²) < 4.78 is 47.4. The van der Waals surface area contributed by atoms with Crippen molar-refractivity contribution in [2.75, 3.05) is 20.3 Å². The Bertz CT molecular complexity index is 1190. The first-order valence-electron chi connectivity index (χ1n) is 14.3. The topological polar surface area (TPSA) is 82.1 Å². The first kappa shape index (κ1) is 32.3. The number of methoxy groups -OCH3 is 1. The van der Waals surface area contributed by atoms with Crippen LogP contribution in [0.25, 0.3) is 0 Å². The molecule has 0 bridgehead atoms. The molecule has 1 aliphatic rings. The highest BCUT2D eigenvalue weighted by Crippen LogP contribution is 2.41. The molecule has 7 nitrogen and oxygen atoms in total. The number of rotatable bonds is 13. The summed E-state index contributed by atoms with van der Waals surface area (Å²) >= 11 is 0. The van der Waals surface area contributed by atoms with Gasteiger partial charge in [-0.15, -0.1) is 0 Å². The summed E-state index contributed by atoms with van der Waals surface area (Å²) in [5, 5.41) is 0.0644. The molecule has 0 spiro atoms. The third-order valence-corrected chi connectivity index (χ3v) is 15.0. The smallest absolute Gasteiger partial charge is 0.308 e. The van der Waals surface area contributed by atoms with E-state index in [0.29, 0.717) is 31.6 Å². The van der Waals surface area contributed by atoms with Crippen LogP contribution in [0.4, 0.5) is 0 Å². The quantitative estimate of drug-likeness (QED) is 0.143. The Morgan fingerprint density at radius 2 is 1.60 bits per heavy atom. The average molecular weight is 590 g/mol. The van der Waals surface area contributed by atoms with E-state index in [-0.39, 0.29) is 35.5 Å². The van der Waals surface area contributed by atoms with E-state index in [9.17, 15) is 13.2 Å². The van der Waals surface area contributed by atoms with Gasteiger partial charge in [0, 0.05) is 18.7 Å². The van der Waals surface area contributed by atoms with Crippen molar-refractivity contribution >= 4 is 24.3 Å². The van der Waals surface area contributed by atoms with Crippen LogP contribution >= 0.6 is 0 Å². The fourth-order valence-electron chi connectivity index (χ4n) is 5.02. The Kier molecular flexibility index (Phi) is 11.0. The molecule has 0 aliphatic heterocycles. The molecule has 1 fully saturated rings. The highest BCUT2D eigenvalue weighted by Gasteiger charge is 2.46. The summed E-state index contributed by atoms with van der Waals surface area (Å²) in [7, 11) is -4.34. The number of sulfonamides is 1. The predicted octanol–water partition coefficient (Wildman–Crippen LogP) is 6.93. The molecule has 9 heteroatoms. The molecule has 0 amide bonds. The van der Waals surface area contributed by atoms with Gasteiger partial charge in [-0.3, -0.25) is 4.79 Å². The maximum absolute atomic E-state index is 14.2. The van der Waals surface area contributed by atoms with Gasteiger partial charge in [-0.05, 0) is 67.2 Å². The van der Waals surface area contributed by atoms with E-state index in [1.54, 1.807) is 35.7 Å². The van der Waals surface area contributed by atoms with Crippen molar-refractivity contribution in [2.24, 2.45) is 0 Å². The summed E-state index contributed by atoms with van der Waals surface area (Å²) in [5.41, 5.74) is 0.0564. The van der Waals surface area contributed by atoms with E-state index in [2.05, 4.69) is 33.9 Å². The van der Waals surface area contributed by atoms with Gasteiger partial charge < -0.3 is 13.9 Å². The fourth-order valence-corrected chi connectivity index (χ4v) is 7.97. The first-order chi connectivity index (χ1) is 18.8. The summed E-state index contributed by atoms with van der Waals surface area (Å²) in [4.78, 5) is 13.4. The second-order valence-corrected chi connectivity index (χ2v) is 19.0. The number of carbonyl (C=O) groups excluding carboxylic acids is 1. The SMILES string of the molecule is COc1ccc(S(=O)(=O)N(CCCO[Si](C)(C)C(C)(C)C)C2(CC(=O)OCc3ccccc3)CCCCC2)cc1. The zero-order chi connectivity index (χ0) is 29.4. The molecule has 0 atom stereocenters. The Morgan fingerprint density at radius 1 is 0.975 bits per heavy atom. The van der Waals surface area contributed by atoms with Crippen molar-refractivity contribution in [2.45, 2.75) is 101 Å². The lowest BCUT2D eigenvalue weighted by atomic mass is 9.79. The van der Waals surface area contributed by atoms with Gasteiger partial charge in [0.05, 0.1) is 18.4 Å². The average Bonchev–Trinajstić information content (AvgIpc) is 2.92. The van der Waals surface area contributed by atoms with Crippen LogP contribution in [0.3, 0.4) is 0 Å². The van der Waals surface area contributed by atoms with Crippen LogP contribution in [0.5, 0.6) is 5.75 Å². The third kappa shape index (κ3) is 8.18. The molecule has 0 radical (unpaired) electrons. The third-order valence-electron chi connectivity index (χ3n) is 8.45. The number of nitrogens with zero attached hydrogens (tertiary/aromatic N) is 1. The normalized spacial score (nSPS) is 16.1. The van der Waals surface area contributed by atoms with Gasteiger partial charge in [0.25, 0.3) is 0 Å². The maximum Gasteiger partial charge on any atom is 0.308 e. The van der Waals surface area contributed by atoms with Crippen molar-refractivity contribution in [1.29, 1.82) is 0 Å². The van der Waals surface area contributed by atoms with Gasteiger partial charge in [0.15, 0.2) is 8.32 Å². The van der Waals surface area contributed by atoms with Gasteiger partial charge in [-0.25, -0.2) is 8.42 Å². The molecule has 222 valence electrons. The Hall–Kier alpha value is -2.20. The first-order valence-corrected chi connectivity index (χ1v) is 18.7. The molecule has 1 saturated carbocycles. The zero-order valence-electron chi connectivity index (χ0n) is 25.1. The summed E-state index contributed by atoms with van der Waals surface area (Å²) in [6.07, 6.45) is 4.55. The molecule has 0 heterocycles. The number of esters is 1. The van der Waals surface area contributed by atoms with Crippen LogP contribution in [-0.4, -0.2) is 52.8 Å². The van der Waals surface area contributed by atoms with Gasteiger partial charge in [-0.1, -0.05) is 70.4 Å². The van der Waals surface area contributed by atoms with E-state index in [1.165, 1.54) is 0 Å². The molecule has 1 aliphatic carbocycles. The summed E-state index contributed by atoms with van der Waals surface area (Å²) in [5.74, 6) is 0.211. The fraction of sp³-hybridized carbons (Fsp3) is 0.581. The number of hydrogen-bond donors (Lipinski definition) is 0. The molecule has 0 N–H and O–H groups in total. The van der Waals surface area contributed by atoms with E-state index in [4.69, 9.17) is 13.9 Å². The predicted molar refractivity (Wildman–Crippen MR) is 161 cm³/mol. The van der Waals surface area contributed by atoms with Crippen LogP contribution in [0.1, 0.15) is 71.3 Å². The van der Waals surface area contributed by atoms with Crippen LogP contribution < -0.4 is 4.74 Å². The maximum atomic E-state index is 14.2. The van der Waals surface area contributed by atoms with Crippen LogP contribution in [0.2, 0.25) is 18.1 Å². The highest BCUT2D eigenvalue weighted by atomic mass is 32.2. The van der Waals surface area contributed by atoms with E-state index < -0.39 is 23.9 Å². The molecular weight excluding hydrogens is 542 g/mol. The summed E-state index contributed by atoms with van der Waals surface area (Å²) in [6, 6.07) is 16.0. The van der Waals surface area contributed by atoms with E-state index >= 15 is 0 Å². The standard InChI is InChI=1S/C31H47NO6SSi/c1-30(2,3)40(5,6)38-23-13-22-32(39(34,35)28-18-16-27(36-4)17-19-28)31(20-11-8-12-21-31)24-29(33)37-25-26-14-9-7-10-15-26/h7,9-10,14-19H,8,11-13,20-25H2,1-6H3. The minimum atomic E-state index is -3.92. The van der Waals surface area contributed by atoms with Gasteiger partial charge in [0.1, 0.15) is 12.4 Å². The lowest BCUT2D eigenvalue weighted by Crippen LogP contribution is -2.54. The summed E-state index contributed by atoms with van der Waals surface area (Å²) in [6.45, 7) is 11.9. The van der Waals surface area contributed by atoms with E-state index in [1.807, 2.05) is 30.3 Å². The van der Waals surface area contributed by atoms with E-state index in [0.717, 1.165) is 24.8 Å². The van der Waals surface area contributed by atoms with Gasteiger partial charge >= 0.3 is 5.97 Å². The molecule has 0 aromatic heterocycles. The number of ether oxygens (including phenoxy) is 2.